The van der Waals surface area contributed by atoms with Gasteiger partial charge in [-0.25, -0.2) is 12.7 Å². The minimum Gasteiger partial charge on any atom is -0.493 e. The fourth-order valence-corrected chi connectivity index (χ4v) is 7.13. The molecule has 0 aliphatic carbocycles. The van der Waals surface area contributed by atoms with Gasteiger partial charge in [0.1, 0.15) is 0 Å². The molecule has 0 bridgehead atoms. The minimum atomic E-state index is -3.68. The van der Waals surface area contributed by atoms with Crippen molar-refractivity contribution in [3.05, 3.63) is 87.4 Å². The third-order valence-corrected chi connectivity index (χ3v) is 9.70. The Labute approximate surface area is 256 Å². The molecule has 1 aliphatic heterocycles. The summed E-state index contributed by atoms with van der Waals surface area (Å²) in [4.78, 5) is 26.1. The van der Waals surface area contributed by atoms with Gasteiger partial charge in [0, 0.05) is 41.2 Å². The number of sulfonamides is 1. The van der Waals surface area contributed by atoms with Crippen LogP contribution >= 0.6 is 23.2 Å². The molecule has 9 nitrogen and oxygen atoms in total. The van der Waals surface area contributed by atoms with Crippen molar-refractivity contribution < 1.29 is 27.5 Å². The Balaban J connectivity index is 1.31. The van der Waals surface area contributed by atoms with E-state index in [4.69, 9.17) is 32.7 Å². The Hall–Kier alpha value is -3.31. The summed E-state index contributed by atoms with van der Waals surface area (Å²) in [7, 11) is -0.538. The topological polar surface area (TPSA) is 114 Å². The summed E-state index contributed by atoms with van der Waals surface area (Å²) in [5, 5.41) is 6.37. The maximum atomic E-state index is 13.1. The van der Waals surface area contributed by atoms with Gasteiger partial charge >= 0.3 is 0 Å². The van der Waals surface area contributed by atoms with Crippen LogP contribution in [0.1, 0.15) is 34.3 Å². The fourth-order valence-electron chi connectivity index (χ4n) is 4.82. The number of nitrogens with one attached hydrogen (secondary N) is 2. The second kappa shape index (κ2) is 14.2. The number of piperidine rings is 1. The fraction of sp³-hybridized carbons (Fsp3) is 0.333. The van der Waals surface area contributed by atoms with Crippen molar-refractivity contribution in [2.45, 2.75) is 25.0 Å². The zero-order chi connectivity index (χ0) is 30.3. The highest BCUT2D eigenvalue weighted by atomic mass is 35.5. The molecule has 0 saturated carbocycles. The van der Waals surface area contributed by atoms with Crippen LogP contribution in [0.25, 0.3) is 0 Å². The number of ether oxygens (including phenoxy) is 2. The van der Waals surface area contributed by atoms with Crippen molar-refractivity contribution in [3.8, 4) is 11.5 Å². The summed E-state index contributed by atoms with van der Waals surface area (Å²) in [5.74, 6) is -0.0393. The Morgan fingerprint density at radius 1 is 0.929 bits per heavy atom. The molecule has 1 fully saturated rings. The van der Waals surface area contributed by atoms with Gasteiger partial charge < -0.3 is 20.1 Å². The number of para-hydroxylation sites is 1. The maximum absolute atomic E-state index is 13.1. The van der Waals surface area contributed by atoms with Gasteiger partial charge in [-0.1, -0.05) is 47.5 Å². The van der Waals surface area contributed by atoms with Gasteiger partial charge in [-0.3, -0.25) is 9.59 Å². The van der Waals surface area contributed by atoms with E-state index in [1.807, 2.05) is 18.2 Å². The highest BCUT2D eigenvalue weighted by Gasteiger charge is 2.32. The zero-order valence-electron chi connectivity index (χ0n) is 23.4. The molecule has 0 aromatic heterocycles. The second-order valence-corrected chi connectivity index (χ2v) is 12.6. The van der Waals surface area contributed by atoms with E-state index in [-0.39, 0.29) is 30.7 Å². The van der Waals surface area contributed by atoms with Crippen molar-refractivity contribution in [2.24, 2.45) is 5.92 Å². The monoisotopic (exact) mass is 633 g/mol. The lowest BCUT2D eigenvalue weighted by atomic mass is 9.97. The van der Waals surface area contributed by atoms with E-state index in [2.05, 4.69) is 10.6 Å². The molecule has 1 aliphatic rings. The van der Waals surface area contributed by atoms with Crippen LogP contribution in [-0.2, 0) is 27.0 Å². The lowest BCUT2D eigenvalue weighted by Crippen LogP contribution is -2.42. The molecule has 224 valence electrons. The molecule has 12 heteroatoms. The minimum absolute atomic E-state index is 0.195. The predicted molar refractivity (Wildman–Crippen MR) is 164 cm³/mol. The Kier molecular flexibility index (Phi) is 10.7. The molecule has 3 aromatic rings. The van der Waals surface area contributed by atoms with Crippen LogP contribution in [0.2, 0.25) is 10.0 Å². The lowest BCUT2D eigenvalue weighted by molar-refractivity contribution is -0.120. The predicted octanol–water partition coefficient (Wildman–Crippen LogP) is 5.16. The number of hydrogen-bond acceptors (Lipinski definition) is 6. The molecular formula is C30H33Cl2N3O6S. The summed E-state index contributed by atoms with van der Waals surface area (Å²) in [6.07, 6.45) is 1.27. The van der Waals surface area contributed by atoms with Gasteiger partial charge in [0.2, 0.25) is 15.9 Å². The molecule has 2 N–H and O–H groups in total. The summed E-state index contributed by atoms with van der Waals surface area (Å²) >= 11 is 12.3. The molecular weight excluding hydrogens is 601 g/mol. The van der Waals surface area contributed by atoms with Crippen LogP contribution in [0.3, 0.4) is 0 Å². The highest BCUT2D eigenvalue weighted by Crippen LogP contribution is 2.30. The summed E-state index contributed by atoms with van der Waals surface area (Å²) in [6, 6.07) is 17.2. The van der Waals surface area contributed by atoms with E-state index in [1.54, 1.807) is 56.7 Å². The molecule has 3 aromatic carbocycles. The van der Waals surface area contributed by atoms with Crippen LogP contribution in [0.15, 0.2) is 60.7 Å². The lowest BCUT2D eigenvalue weighted by Gasteiger charge is -2.31. The number of rotatable bonds is 11. The standard InChI is InChI=1S/C30H33Cl2N3O6S/c1-40-27-11-10-20(18-28(27)41-2)12-15-33-30(37)22-6-3-4-9-26(22)34-29(36)21-13-16-35(17-14-21)42(38,39)19-23-24(31)7-5-8-25(23)32/h3-11,18,21H,12-17,19H2,1-2H3,(H,33,37)(H,34,36). The number of carbonyl (C=O) groups is 2. The van der Waals surface area contributed by atoms with Crippen molar-refractivity contribution in [2.75, 3.05) is 39.2 Å². The molecule has 0 atom stereocenters. The maximum Gasteiger partial charge on any atom is 0.253 e. The molecule has 2 amide bonds. The molecule has 42 heavy (non-hydrogen) atoms. The molecule has 0 unspecified atom stereocenters. The Morgan fingerprint density at radius 2 is 1.60 bits per heavy atom. The average Bonchev–Trinajstić information content (AvgIpc) is 2.99. The van der Waals surface area contributed by atoms with Gasteiger partial charge in [0.05, 0.1) is 31.2 Å². The van der Waals surface area contributed by atoms with Gasteiger partial charge in [0.15, 0.2) is 11.5 Å². The van der Waals surface area contributed by atoms with E-state index in [0.717, 1.165) is 5.56 Å². The second-order valence-electron chi connectivity index (χ2n) is 9.86. The van der Waals surface area contributed by atoms with Crippen LogP contribution < -0.4 is 20.1 Å². The highest BCUT2D eigenvalue weighted by molar-refractivity contribution is 7.88. The number of amides is 2. The van der Waals surface area contributed by atoms with Crippen LogP contribution in [0.4, 0.5) is 5.69 Å². The number of hydrogen-bond donors (Lipinski definition) is 2. The van der Waals surface area contributed by atoms with Crippen molar-refractivity contribution in [3.63, 3.8) is 0 Å². The first-order valence-corrected chi connectivity index (χ1v) is 15.8. The molecule has 4 rings (SSSR count). The van der Waals surface area contributed by atoms with Gasteiger partial charge in [-0.2, -0.15) is 0 Å². The number of halogens is 2. The quantitative estimate of drug-likeness (QED) is 0.301. The van der Waals surface area contributed by atoms with E-state index in [1.165, 1.54) is 4.31 Å². The van der Waals surface area contributed by atoms with Crippen LogP contribution in [0.5, 0.6) is 11.5 Å². The SMILES string of the molecule is COc1ccc(CCNC(=O)c2ccccc2NC(=O)C2CCN(S(=O)(=O)Cc3c(Cl)cccc3Cl)CC2)cc1OC. The molecule has 0 radical (unpaired) electrons. The molecule has 1 saturated heterocycles. The zero-order valence-corrected chi connectivity index (χ0v) is 25.7. The van der Waals surface area contributed by atoms with E-state index in [9.17, 15) is 18.0 Å². The normalized spacial score (nSPS) is 14.3. The van der Waals surface area contributed by atoms with Crippen molar-refractivity contribution in [1.29, 1.82) is 0 Å². The number of carbonyl (C=O) groups excluding carboxylic acids is 2. The van der Waals surface area contributed by atoms with Crippen molar-refractivity contribution in [1.82, 2.24) is 9.62 Å². The average molecular weight is 635 g/mol. The first-order valence-electron chi connectivity index (χ1n) is 13.4. The largest absolute Gasteiger partial charge is 0.493 e. The van der Waals surface area contributed by atoms with Gasteiger partial charge in [0.25, 0.3) is 5.91 Å². The summed E-state index contributed by atoms with van der Waals surface area (Å²) in [6.45, 7) is 0.768. The van der Waals surface area contributed by atoms with Crippen LogP contribution in [0, 0.1) is 5.92 Å². The molecule has 1 heterocycles. The van der Waals surface area contributed by atoms with Crippen molar-refractivity contribution >= 4 is 50.7 Å². The van der Waals surface area contributed by atoms with E-state index >= 15 is 0 Å². The number of anilines is 1. The number of methoxy groups -OCH3 is 2. The van der Waals surface area contributed by atoms with Crippen LogP contribution in [-0.4, -0.2) is 58.4 Å². The molecule has 0 spiro atoms. The van der Waals surface area contributed by atoms with Gasteiger partial charge in [-0.15, -0.1) is 0 Å². The first-order chi connectivity index (χ1) is 20.1. The number of benzene rings is 3. The third-order valence-electron chi connectivity index (χ3n) is 7.18. The summed E-state index contributed by atoms with van der Waals surface area (Å²) in [5.41, 5.74) is 2.07. The third kappa shape index (κ3) is 7.74. The van der Waals surface area contributed by atoms with E-state index < -0.39 is 15.9 Å². The first kappa shape index (κ1) is 31.6. The smallest absolute Gasteiger partial charge is 0.253 e. The Morgan fingerprint density at radius 3 is 2.26 bits per heavy atom. The van der Waals surface area contributed by atoms with Gasteiger partial charge in [-0.05, 0) is 61.2 Å². The summed E-state index contributed by atoms with van der Waals surface area (Å²) < 4.78 is 38.0. The van der Waals surface area contributed by atoms with E-state index in [0.29, 0.717) is 64.2 Å². The Bertz CT molecular complexity index is 1520. The number of nitrogens with zero attached hydrogens (tertiary/aromatic N) is 1.